The van der Waals surface area contributed by atoms with Crippen LogP contribution < -0.4 is 14.8 Å². The van der Waals surface area contributed by atoms with E-state index in [9.17, 15) is 10.5 Å². The van der Waals surface area contributed by atoms with Crippen LogP contribution in [0.4, 0.5) is 5.82 Å². The summed E-state index contributed by atoms with van der Waals surface area (Å²) >= 11 is 0. The van der Waals surface area contributed by atoms with Crippen molar-refractivity contribution in [3.63, 3.8) is 0 Å². The van der Waals surface area contributed by atoms with Crippen molar-refractivity contribution in [3.05, 3.63) is 35.4 Å². The van der Waals surface area contributed by atoms with Crippen LogP contribution in [0.1, 0.15) is 11.1 Å². The number of ether oxygens (including phenoxy) is 4. The number of nitriles is 2. The van der Waals surface area contributed by atoms with Gasteiger partial charge < -0.3 is 24.3 Å². The van der Waals surface area contributed by atoms with Crippen LogP contribution in [0.3, 0.4) is 0 Å². The molecule has 0 bridgehead atoms. The first-order valence-electron chi connectivity index (χ1n) is 9.34. The van der Waals surface area contributed by atoms with Gasteiger partial charge >= 0.3 is 0 Å². The molecule has 4 rings (SSSR count). The Morgan fingerprint density at radius 3 is 2.28 bits per heavy atom. The second kappa shape index (κ2) is 8.36. The van der Waals surface area contributed by atoms with Gasteiger partial charge in [0, 0.05) is 18.5 Å². The molecule has 29 heavy (non-hydrogen) atoms. The molecule has 2 aliphatic heterocycles. The van der Waals surface area contributed by atoms with Crippen LogP contribution in [0.2, 0.25) is 0 Å². The Kier molecular flexibility index (Phi) is 5.48. The van der Waals surface area contributed by atoms with Crippen molar-refractivity contribution in [1.29, 1.82) is 10.5 Å². The molecule has 0 unspecified atom stereocenters. The summed E-state index contributed by atoms with van der Waals surface area (Å²) in [6, 6.07) is 11.6. The first-order chi connectivity index (χ1) is 14.2. The number of aromatic nitrogens is 1. The molecule has 2 aromatic rings. The summed E-state index contributed by atoms with van der Waals surface area (Å²) in [4.78, 5) is 4.37. The monoisotopic (exact) mass is 392 g/mol. The van der Waals surface area contributed by atoms with Crippen LogP contribution in [0.5, 0.6) is 11.6 Å². The molecule has 1 aromatic carbocycles. The summed E-state index contributed by atoms with van der Waals surface area (Å²) in [6.45, 7) is 2.85. The molecular formula is C21H20N4O4. The zero-order valence-electron chi connectivity index (χ0n) is 16.0. The molecule has 8 heteroatoms. The zero-order valence-corrected chi connectivity index (χ0v) is 16.0. The minimum atomic E-state index is 0.0671. The smallest absolute Gasteiger partial charge is 0.234 e. The minimum Gasteiger partial charge on any atom is -0.486 e. The molecule has 1 N–H and O–H groups in total. The molecule has 0 atom stereocenters. The highest BCUT2D eigenvalue weighted by Gasteiger charge is 2.25. The topological polar surface area (TPSA) is 109 Å². The molecule has 2 fully saturated rings. The predicted molar refractivity (Wildman–Crippen MR) is 104 cm³/mol. The van der Waals surface area contributed by atoms with Crippen LogP contribution >= 0.6 is 0 Å². The third kappa shape index (κ3) is 3.81. The van der Waals surface area contributed by atoms with E-state index in [4.69, 9.17) is 18.9 Å². The molecule has 0 aliphatic carbocycles. The van der Waals surface area contributed by atoms with Crippen molar-refractivity contribution in [2.24, 2.45) is 5.92 Å². The van der Waals surface area contributed by atoms with Gasteiger partial charge in [0.1, 0.15) is 40.9 Å². The fraction of sp³-hybridized carbons (Fsp3) is 0.381. The van der Waals surface area contributed by atoms with Gasteiger partial charge in [0.15, 0.2) is 0 Å². The van der Waals surface area contributed by atoms with Crippen molar-refractivity contribution in [3.8, 4) is 34.9 Å². The quantitative estimate of drug-likeness (QED) is 0.765. The third-order valence-corrected chi connectivity index (χ3v) is 4.84. The van der Waals surface area contributed by atoms with E-state index >= 15 is 0 Å². The number of hydrogen-bond donors (Lipinski definition) is 1. The average molecular weight is 392 g/mol. The number of nitrogens with zero attached hydrogens (tertiary/aromatic N) is 3. The maximum Gasteiger partial charge on any atom is 0.234 e. The first kappa shape index (κ1) is 19.0. The summed E-state index contributed by atoms with van der Waals surface area (Å²) in [7, 11) is 1.68. The van der Waals surface area contributed by atoms with Crippen LogP contribution in [-0.2, 0) is 9.47 Å². The Morgan fingerprint density at radius 1 is 1.07 bits per heavy atom. The van der Waals surface area contributed by atoms with E-state index in [1.807, 2.05) is 24.3 Å². The Hall–Kier alpha value is -3.33. The fourth-order valence-electron chi connectivity index (χ4n) is 3.10. The molecular weight excluding hydrogens is 372 g/mol. The van der Waals surface area contributed by atoms with Gasteiger partial charge in [-0.05, 0) is 17.7 Å². The molecule has 0 radical (unpaired) electrons. The maximum atomic E-state index is 9.83. The molecule has 0 saturated carbocycles. The zero-order chi connectivity index (χ0) is 20.2. The van der Waals surface area contributed by atoms with Gasteiger partial charge in [0.05, 0.1) is 33.0 Å². The van der Waals surface area contributed by atoms with Crippen LogP contribution in [0.25, 0.3) is 11.1 Å². The molecule has 8 nitrogen and oxygen atoms in total. The van der Waals surface area contributed by atoms with Gasteiger partial charge in [-0.3, -0.25) is 0 Å². The second-order valence-electron chi connectivity index (χ2n) is 6.88. The number of nitrogens with one attached hydrogen (secondary N) is 1. The summed E-state index contributed by atoms with van der Waals surface area (Å²) < 4.78 is 21.9. The summed E-state index contributed by atoms with van der Waals surface area (Å²) in [6.07, 6.45) is 0.0671. The molecule has 1 aromatic heterocycles. The van der Waals surface area contributed by atoms with Crippen LogP contribution in [0, 0.1) is 28.6 Å². The minimum absolute atomic E-state index is 0.0671. The van der Waals surface area contributed by atoms with Crippen LogP contribution in [0.15, 0.2) is 24.3 Å². The molecule has 148 valence electrons. The lowest BCUT2D eigenvalue weighted by molar-refractivity contribution is -0.0796. The number of anilines is 1. The van der Waals surface area contributed by atoms with E-state index in [0.717, 1.165) is 0 Å². The molecule has 2 saturated heterocycles. The summed E-state index contributed by atoms with van der Waals surface area (Å²) in [5, 5.41) is 22.5. The standard InChI is InChI=1S/C21H20N4O4/c1-24-20-17(6-22)19(14-2-4-15(5-3-14)29-16-11-27-12-16)18(7-23)21(25-20)28-10-13-8-26-9-13/h2-5,13,16H,8-12H2,1H3,(H,24,25). The van der Waals surface area contributed by atoms with Crippen LogP contribution in [-0.4, -0.2) is 51.2 Å². The Balaban J connectivity index is 1.71. The summed E-state index contributed by atoms with van der Waals surface area (Å²) in [5.74, 6) is 1.58. The third-order valence-electron chi connectivity index (χ3n) is 4.84. The molecule has 3 heterocycles. The highest BCUT2D eigenvalue weighted by atomic mass is 16.6. The van der Waals surface area contributed by atoms with Crippen molar-refractivity contribution in [2.45, 2.75) is 6.10 Å². The first-order valence-corrected chi connectivity index (χ1v) is 9.34. The van der Waals surface area contributed by atoms with Gasteiger partial charge in [-0.1, -0.05) is 12.1 Å². The van der Waals surface area contributed by atoms with Crippen molar-refractivity contribution in [1.82, 2.24) is 4.98 Å². The maximum absolute atomic E-state index is 9.83. The van der Waals surface area contributed by atoms with Gasteiger partial charge in [0.2, 0.25) is 5.88 Å². The van der Waals surface area contributed by atoms with E-state index < -0.39 is 0 Å². The van der Waals surface area contributed by atoms with Gasteiger partial charge in [-0.25, -0.2) is 0 Å². The van der Waals surface area contributed by atoms with Gasteiger partial charge in [-0.2, -0.15) is 15.5 Å². The van der Waals surface area contributed by atoms with E-state index in [-0.39, 0.29) is 23.5 Å². The second-order valence-corrected chi connectivity index (χ2v) is 6.88. The van der Waals surface area contributed by atoms with E-state index in [1.165, 1.54) is 0 Å². The highest BCUT2D eigenvalue weighted by molar-refractivity contribution is 5.83. The van der Waals surface area contributed by atoms with E-state index in [1.54, 1.807) is 7.05 Å². The number of benzene rings is 1. The lowest BCUT2D eigenvalue weighted by Gasteiger charge is -2.27. The average Bonchev–Trinajstić information content (AvgIpc) is 2.68. The largest absolute Gasteiger partial charge is 0.486 e. The van der Waals surface area contributed by atoms with Crippen molar-refractivity contribution < 1.29 is 18.9 Å². The summed E-state index contributed by atoms with van der Waals surface area (Å²) in [5.41, 5.74) is 1.74. The number of pyridine rings is 1. The Labute approximate surface area is 168 Å². The molecule has 0 spiro atoms. The highest BCUT2D eigenvalue weighted by Crippen LogP contribution is 2.37. The Morgan fingerprint density at radius 2 is 1.76 bits per heavy atom. The van der Waals surface area contributed by atoms with E-state index in [0.29, 0.717) is 61.3 Å². The normalized spacial score (nSPS) is 16.1. The van der Waals surface area contributed by atoms with Gasteiger partial charge in [0.25, 0.3) is 0 Å². The lowest BCUT2D eigenvalue weighted by atomic mass is 9.96. The van der Waals surface area contributed by atoms with Crippen molar-refractivity contribution >= 4 is 5.82 Å². The number of hydrogen-bond acceptors (Lipinski definition) is 8. The van der Waals surface area contributed by atoms with Gasteiger partial charge in [-0.15, -0.1) is 0 Å². The molecule has 0 amide bonds. The lowest BCUT2D eigenvalue weighted by Crippen LogP contribution is -2.38. The number of rotatable bonds is 7. The van der Waals surface area contributed by atoms with E-state index in [2.05, 4.69) is 22.4 Å². The fourth-order valence-corrected chi connectivity index (χ4v) is 3.10. The molecule has 2 aliphatic rings. The van der Waals surface area contributed by atoms with Crippen molar-refractivity contribution in [2.75, 3.05) is 45.4 Å². The predicted octanol–water partition coefficient (Wildman–Crippen LogP) is 2.34. The SMILES string of the molecule is CNc1nc(OCC2COC2)c(C#N)c(-c2ccc(OC3COC3)cc2)c1C#N. The Bertz CT molecular complexity index is 970.